The van der Waals surface area contributed by atoms with Crippen molar-refractivity contribution < 1.29 is 9.18 Å². The Bertz CT molecular complexity index is 1560. The summed E-state index contributed by atoms with van der Waals surface area (Å²) in [6, 6.07) is 15.2. The molecular weight excluding hydrogens is 517 g/mol. The quantitative estimate of drug-likeness (QED) is 0.332. The smallest absolute Gasteiger partial charge is 0.269 e. The summed E-state index contributed by atoms with van der Waals surface area (Å²) in [6.07, 6.45) is 3.00. The maximum Gasteiger partial charge on any atom is 0.269 e. The molecule has 9 nitrogen and oxygen atoms in total. The number of rotatable bonds is 7. The Morgan fingerprint density at radius 3 is 2.66 bits per heavy atom. The number of carbonyl (C=O) groups excluding carboxylic acids is 1. The normalized spacial score (nSPS) is 11.1. The number of nitrogens with zero attached hydrogens (tertiary/aromatic N) is 5. The highest BCUT2D eigenvalue weighted by Gasteiger charge is 2.13. The first-order chi connectivity index (χ1) is 17.0. The predicted molar refractivity (Wildman–Crippen MR) is 131 cm³/mol. The fourth-order valence-electron chi connectivity index (χ4n) is 3.64. The van der Waals surface area contributed by atoms with Crippen LogP contribution >= 0.6 is 15.9 Å². The van der Waals surface area contributed by atoms with Crippen molar-refractivity contribution in [1.82, 2.24) is 34.8 Å². The molecule has 11 heteroatoms. The third kappa shape index (κ3) is 4.90. The molecule has 0 saturated heterocycles. The fourth-order valence-corrected chi connectivity index (χ4v) is 3.90. The van der Waals surface area contributed by atoms with Crippen LogP contribution in [-0.4, -0.2) is 42.0 Å². The predicted octanol–water partition coefficient (Wildman–Crippen LogP) is 3.36. The summed E-state index contributed by atoms with van der Waals surface area (Å²) in [5.41, 5.74) is 2.77. The van der Waals surface area contributed by atoms with E-state index >= 15 is 0 Å². The maximum absolute atomic E-state index is 13.1. The van der Waals surface area contributed by atoms with Crippen molar-refractivity contribution >= 4 is 32.9 Å². The molecule has 2 N–H and O–H groups in total. The van der Waals surface area contributed by atoms with Gasteiger partial charge in [-0.15, -0.1) is 0 Å². The van der Waals surface area contributed by atoms with Crippen LogP contribution in [0.3, 0.4) is 0 Å². The first kappa shape index (κ1) is 22.7. The molecule has 0 saturated carbocycles. The number of hydrogen-bond acceptors (Lipinski definition) is 5. The molecule has 0 aliphatic rings. The standard InChI is InChI=1S/C24H19BrFN7O2/c25-17-5-1-15(2-6-17)13-32-14-28-22-19(24(32)35)12-29-33(22)10-9-27-23(34)21-11-20(30-31-21)16-3-7-18(26)8-4-16/h1-8,11-12,14H,9-10,13H2,(H,27,34)(H,30,31). The topological polar surface area (TPSA) is 110 Å². The first-order valence-corrected chi connectivity index (χ1v) is 11.5. The number of carbonyl (C=O) groups is 1. The zero-order valence-corrected chi connectivity index (χ0v) is 19.9. The highest BCUT2D eigenvalue weighted by atomic mass is 79.9. The lowest BCUT2D eigenvalue weighted by atomic mass is 10.1. The molecular formula is C24H19BrFN7O2. The van der Waals surface area contributed by atoms with Crippen molar-refractivity contribution in [2.75, 3.05) is 6.54 Å². The van der Waals surface area contributed by atoms with E-state index in [4.69, 9.17) is 0 Å². The molecule has 0 atom stereocenters. The minimum Gasteiger partial charge on any atom is -0.349 e. The third-order valence-electron chi connectivity index (χ3n) is 5.46. The van der Waals surface area contributed by atoms with Crippen molar-refractivity contribution in [1.29, 1.82) is 0 Å². The third-order valence-corrected chi connectivity index (χ3v) is 5.99. The van der Waals surface area contributed by atoms with Gasteiger partial charge in [0.15, 0.2) is 5.65 Å². The molecule has 3 aromatic heterocycles. The van der Waals surface area contributed by atoms with Gasteiger partial charge in [0, 0.05) is 16.6 Å². The second-order valence-electron chi connectivity index (χ2n) is 7.84. The number of fused-ring (bicyclic) bond motifs is 1. The lowest BCUT2D eigenvalue weighted by molar-refractivity contribution is 0.0947. The van der Waals surface area contributed by atoms with E-state index in [1.54, 1.807) is 22.9 Å². The molecule has 5 rings (SSSR count). The molecule has 0 fully saturated rings. The lowest BCUT2D eigenvalue weighted by Crippen LogP contribution is -2.28. The number of H-pyrrole nitrogens is 1. The fraction of sp³-hybridized carbons (Fsp3) is 0.125. The maximum atomic E-state index is 13.1. The molecule has 5 aromatic rings. The lowest BCUT2D eigenvalue weighted by Gasteiger charge is -2.07. The van der Waals surface area contributed by atoms with Gasteiger partial charge in [-0.05, 0) is 48.0 Å². The van der Waals surface area contributed by atoms with Crippen LogP contribution in [0.15, 0.2) is 76.4 Å². The van der Waals surface area contributed by atoms with Gasteiger partial charge in [0.05, 0.1) is 25.0 Å². The van der Waals surface area contributed by atoms with E-state index in [1.165, 1.54) is 29.2 Å². The molecule has 1 amide bonds. The van der Waals surface area contributed by atoms with Crippen molar-refractivity contribution in [2.45, 2.75) is 13.1 Å². The van der Waals surface area contributed by atoms with Gasteiger partial charge in [-0.3, -0.25) is 19.3 Å². The van der Waals surface area contributed by atoms with Gasteiger partial charge >= 0.3 is 0 Å². The van der Waals surface area contributed by atoms with Gasteiger partial charge in [0.2, 0.25) is 0 Å². The Kier molecular flexibility index (Phi) is 6.23. The number of aromatic amines is 1. The number of amides is 1. The number of hydrogen-bond donors (Lipinski definition) is 2. The van der Waals surface area contributed by atoms with Gasteiger partial charge in [0.25, 0.3) is 11.5 Å². The van der Waals surface area contributed by atoms with E-state index in [-0.39, 0.29) is 29.5 Å². The van der Waals surface area contributed by atoms with Crippen LogP contribution in [-0.2, 0) is 13.1 Å². The number of halogens is 2. The van der Waals surface area contributed by atoms with E-state index in [0.29, 0.717) is 35.4 Å². The summed E-state index contributed by atoms with van der Waals surface area (Å²) in [4.78, 5) is 29.8. The zero-order valence-electron chi connectivity index (χ0n) is 18.3. The number of benzene rings is 2. The summed E-state index contributed by atoms with van der Waals surface area (Å²) in [6.45, 7) is 1.00. The van der Waals surface area contributed by atoms with Gasteiger partial charge in [-0.2, -0.15) is 10.2 Å². The zero-order chi connectivity index (χ0) is 24.4. The van der Waals surface area contributed by atoms with Crippen molar-refractivity contribution in [3.05, 3.63) is 99.0 Å². The Balaban J connectivity index is 1.23. The van der Waals surface area contributed by atoms with E-state index in [9.17, 15) is 14.0 Å². The van der Waals surface area contributed by atoms with Crippen LogP contribution in [0.4, 0.5) is 4.39 Å². The highest BCUT2D eigenvalue weighted by molar-refractivity contribution is 9.10. The highest BCUT2D eigenvalue weighted by Crippen LogP contribution is 2.18. The van der Waals surface area contributed by atoms with Crippen LogP contribution in [0, 0.1) is 5.82 Å². The Morgan fingerprint density at radius 1 is 1.11 bits per heavy atom. The molecule has 0 radical (unpaired) electrons. The molecule has 35 heavy (non-hydrogen) atoms. The minimum atomic E-state index is -0.341. The second kappa shape index (κ2) is 9.63. The monoisotopic (exact) mass is 535 g/mol. The first-order valence-electron chi connectivity index (χ1n) is 10.7. The number of nitrogens with one attached hydrogen (secondary N) is 2. The summed E-state index contributed by atoms with van der Waals surface area (Å²) in [7, 11) is 0. The van der Waals surface area contributed by atoms with Gasteiger partial charge in [-0.25, -0.2) is 14.1 Å². The second-order valence-corrected chi connectivity index (χ2v) is 8.75. The van der Waals surface area contributed by atoms with Crippen LogP contribution in [0.2, 0.25) is 0 Å². The minimum absolute atomic E-state index is 0.181. The molecule has 2 aromatic carbocycles. The van der Waals surface area contributed by atoms with Crippen LogP contribution in [0.1, 0.15) is 16.1 Å². The SMILES string of the molecule is O=C(NCCn1ncc2c(=O)n(Cc3ccc(Br)cc3)cnc21)c1cc(-c2ccc(F)cc2)n[nH]1. The summed E-state index contributed by atoms with van der Waals surface area (Å²) < 4.78 is 17.2. The Morgan fingerprint density at radius 2 is 1.89 bits per heavy atom. The van der Waals surface area contributed by atoms with E-state index in [2.05, 4.69) is 41.5 Å². The van der Waals surface area contributed by atoms with Gasteiger partial charge < -0.3 is 5.32 Å². The summed E-state index contributed by atoms with van der Waals surface area (Å²) in [5.74, 6) is -0.682. The number of aromatic nitrogens is 6. The van der Waals surface area contributed by atoms with Crippen molar-refractivity contribution in [3.63, 3.8) is 0 Å². The molecule has 0 aliphatic heterocycles. The van der Waals surface area contributed by atoms with Gasteiger partial charge in [0.1, 0.15) is 23.2 Å². The van der Waals surface area contributed by atoms with E-state index in [1.807, 2.05) is 24.3 Å². The van der Waals surface area contributed by atoms with Crippen LogP contribution < -0.4 is 10.9 Å². The van der Waals surface area contributed by atoms with Crippen molar-refractivity contribution in [2.24, 2.45) is 0 Å². The molecule has 0 aliphatic carbocycles. The average molecular weight is 536 g/mol. The molecule has 0 unspecified atom stereocenters. The average Bonchev–Trinajstić information content (AvgIpc) is 3.51. The van der Waals surface area contributed by atoms with Gasteiger partial charge in [-0.1, -0.05) is 28.1 Å². The summed E-state index contributed by atoms with van der Waals surface area (Å²) in [5, 5.41) is 14.3. The van der Waals surface area contributed by atoms with Crippen LogP contribution in [0.25, 0.3) is 22.3 Å². The molecule has 176 valence electrons. The van der Waals surface area contributed by atoms with E-state index < -0.39 is 0 Å². The Labute approximate surface area is 206 Å². The molecule has 0 spiro atoms. The molecule has 3 heterocycles. The summed E-state index contributed by atoms with van der Waals surface area (Å²) >= 11 is 3.40. The largest absolute Gasteiger partial charge is 0.349 e. The Hall–Kier alpha value is -4.12. The van der Waals surface area contributed by atoms with Crippen molar-refractivity contribution in [3.8, 4) is 11.3 Å². The molecule has 0 bridgehead atoms. The van der Waals surface area contributed by atoms with E-state index in [0.717, 1.165) is 10.0 Å². The van der Waals surface area contributed by atoms with Crippen LogP contribution in [0.5, 0.6) is 0 Å².